The summed E-state index contributed by atoms with van der Waals surface area (Å²) in [6.45, 7) is 1.89. The summed E-state index contributed by atoms with van der Waals surface area (Å²) in [7, 11) is 1.35. The van der Waals surface area contributed by atoms with Crippen molar-refractivity contribution >= 4 is 11.9 Å². The summed E-state index contributed by atoms with van der Waals surface area (Å²) in [5.74, 6) is 2.89. The summed E-state index contributed by atoms with van der Waals surface area (Å²) >= 11 is 0. The first-order chi connectivity index (χ1) is 9.11. The maximum absolute atomic E-state index is 11.6. The van der Waals surface area contributed by atoms with Crippen LogP contribution in [0.2, 0.25) is 0 Å². The maximum atomic E-state index is 11.6. The van der Waals surface area contributed by atoms with Crippen LogP contribution in [-0.4, -0.2) is 37.6 Å². The van der Waals surface area contributed by atoms with Crippen LogP contribution < -0.4 is 10.6 Å². The number of rotatable bonds is 5. The van der Waals surface area contributed by atoms with Gasteiger partial charge in [-0.1, -0.05) is 0 Å². The smallest absolute Gasteiger partial charge is 0.329 e. The van der Waals surface area contributed by atoms with Crippen molar-refractivity contribution in [2.45, 2.75) is 38.3 Å². The Bertz CT molecular complexity index is 382. The monoisotopic (exact) mass is 266 g/mol. The fourth-order valence-electron chi connectivity index (χ4n) is 4.43. The van der Waals surface area contributed by atoms with E-state index in [0.29, 0.717) is 12.6 Å². The van der Waals surface area contributed by atoms with Crippen LogP contribution in [0.4, 0.5) is 0 Å². The van der Waals surface area contributed by atoms with Crippen LogP contribution in [0.1, 0.15) is 26.2 Å². The van der Waals surface area contributed by atoms with Gasteiger partial charge in [0, 0.05) is 19.5 Å². The van der Waals surface area contributed by atoms with Crippen LogP contribution in [0.3, 0.4) is 0 Å². The molecule has 3 aliphatic rings. The molecule has 5 unspecified atom stereocenters. The number of hydrogen-bond donors (Lipinski definition) is 2. The first kappa shape index (κ1) is 12.9. The van der Waals surface area contributed by atoms with E-state index < -0.39 is 6.04 Å². The molecule has 0 aromatic carbocycles. The van der Waals surface area contributed by atoms with E-state index in [1.54, 1.807) is 0 Å². The number of carbonyl (C=O) groups excluding carboxylic acids is 2. The first-order valence-corrected chi connectivity index (χ1v) is 7.20. The topological polar surface area (TPSA) is 67.4 Å². The Labute approximate surface area is 113 Å². The summed E-state index contributed by atoms with van der Waals surface area (Å²) in [6, 6.07) is -0.00589. The van der Waals surface area contributed by atoms with Gasteiger partial charge in [-0.2, -0.15) is 0 Å². The minimum absolute atomic E-state index is 0.201. The van der Waals surface area contributed by atoms with Gasteiger partial charge in [-0.3, -0.25) is 4.79 Å². The van der Waals surface area contributed by atoms with Gasteiger partial charge in [0.05, 0.1) is 7.11 Å². The van der Waals surface area contributed by atoms with Gasteiger partial charge in [0.15, 0.2) is 0 Å². The minimum atomic E-state index is -0.568. The Hall–Kier alpha value is -1.10. The highest BCUT2D eigenvalue weighted by Crippen LogP contribution is 2.65. The van der Waals surface area contributed by atoms with Crippen molar-refractivity contribution < 1.29 is 14.3 Å². The number of esters is 1. The van der Waals surface area contributed by atoms with Gasteiger partial charge >= 0.3 is 5.97 Å². The Balaban J connectivity index is 1.51. The highest BCUT2D eigenvalue weighted by atomic mass is 16.5. The summed E-state index contributed by atoms with van der Waals surface area (Å²) in [5.41, 5.74) is 0. The van der Waals surface area contributed by atoms with Gasteiger partial charge < -0.3 is 15.4 Å². The third-order valence-electron chi connectivity index (χ3n) is 5.16. The summed E-state index contributed by atoms with van der Waals surface area (Å²) in [4.78, 5) is 22.7. The Morgan fingerprint density at radius 1 is 1.26 bits per heavy atom. The molecule has 3 fully saturated rings. The van der Waals surface area contributed by atoms with Gasteiger partial charge in [0.25, 0.3) is 0 Å². The van der Waals surface area contributed by atoms with Gasteiger partial charge in [-0.15, -0.1) is 0 Å². The van der Waals surface area contributed by atoms with Crippen LogP contribution in [0.5, 0.6) is 0 Å². The second kappa shape index (κ2) is 4.78. The van der Waals surface area contributed by atoms with E-state index in [4.69, 9.17) is 4.74 Å². The summed E-state index contributed by atoms with van der Waals surface area (Å²) < 4.78 is 4.72. The molecule has 106 valence electrons. The Morgan fingerprint density at radius 3 is 2.42 bits per heavy atom. The summed E-state index contributed by atoms with van der Waals surface area (Å²) in [6.07, 6.45) is 4.19. The van der Waals surface area contributed by atoms with Crippen molar-refractivity contribution in [2.24, 2.45) is 23.7 Å². The summed E-state index contributed by atoms with van der Waals surface area (Å²) in [5, 5.41) is 6.11. The molecule has 19 heavy (non-hydrogen) atoms. The molecule has 5 atom stereocenters. The minimum Gasteiger partial charge on any atom is -0.467 e. The third kappa shape index (κ3) is 2.24. The highest BCUT2D eigenvalue weighted by Gasteiger charge is 2.64. The lowest BCUT2D eigenvalue weighted by Gasteiger charge is -2.17. The zero-order valence-corrected chi connectivity index (χ0v) is 11.5. The number of ether oxygens (including phenoxy) is 1. The van der Waals surface area contributed by atoms with Crippen LogP contribution in [0.25, 0.3) is 0 Å². The van der Waals surface area contributed by atoms with E-state index >= 15 is 0 Å². The number of methoxy groups -OCH3 is 1. The van der Waals surface area contributed by atoms with E-state index in [1.807, 2.05) is 0 Å². The lowest BCUT2D eigenvalue weighted by molar-refractivity contribution is -0.144. The van der Waals surface area contributed by atoms with Gasteiger partial charge in [0.2, 0.25) is 5.91 Å². The average molecular weight is 266 g/mol. The SMILES string of the molecule is COC(=O)C(CNC1C2C3CCC(C3)C12)NC(C)=O. The fraction of sp³-hybridized carbons (Fsp3) is 0.857. The molecule has 2 N–H and O–H groups in total. The van der Waals surface area contributed by atoms with E-state index in [1.165, 1.54) is 33.3 Å². The quantitative estimate of drug-likeness (QED) is 0.702. The molecule has 0 aromatic heterocycles. The predicted molar refractivity (Wildman–Crippen MR) is 69.2 cm³/mol. The van der Waals surface area contributed by atoms with Crippen LogP contribution >= 0.6 is 0 Å². The van der Waals surface area contributed by atoms with Gasteiger partial charge in [-0.05, 0) is 42.9 Å². The average Bonchev–Trinajstić information content (AvgIpc) is 2.78. The standard InChI is InChI=1S/C14H22N2O3/c1-7(17)16-10(14(18)19-2)6-15-13-11-8-3-4-9(5-8)12(11)13/h8-13,15H,3-6H2,1-2H3,(H,16,17). The number of nitrogens with one attached hydrogen (secondary N) is 2. The Kier molecular flexibility index (Phi) is 3.25. The molecule has 1 amide bonds. The second-order valence-corrected chi connectivity index (χ2v) is 6.20. The van der Waals surface area contributed by atoms with Crippen molar-refractivity contribution in [1.29, 1.82) is 0 Å². The zero-order chi connectivity index (χ0) is 13.6. The zero-order valence-electron chi connectivity index (χ0n) is 11.5. The molecular weight excluding hydrogens is 244 g/mol. The molecule has 3 aliphatic carbocycles. The molecule has 0 aliphatic heterocycles. The van der Waals surface area contributed by atoms with Crippen LogP contribution in [-0.2, 0) is 14.3 Å². The van der Waals surface area contributed by atoms with E-state index in [-0.39, 0.29) is 11.9 Å². The molecule has 0 radical (unpaired) electrons. The number of hydrogen-bond acceptors (Lipinski definition) is 4. The van der Waals surface area contributed by atoms with Crippen molar-refractivity contribution in [3.05, 3.63) is 0 Å². The number of carbonyl (C=O) groups is 2. The van der Waals surface area contributed by atoms with Gasteiger partial charge in [0.1, 0.15) is 6.04 Å². The number of fused-ring (bicyclic) bond motifs is 5. The lowest BCUT2D eigenvalue weighted by Crippen LogP contribution is -2.48. The van der Waals surface area contributed by atoms with Crippen LogP contribution in [0.15, 0.2) is 0 Å². The predicted octanol–water partition coefficient (Wildman–Crippen LogP) is 0.298. The highest BCUT2D eigenvalue weighted by molar-refractivity contribution is 5.83. The fourth-order valence-corrected chi connectivity index (χ4v) is 4.43. The van der Waals surface area contributed by atoms with Crippen LogP contribution in [0, 0.1) is 23.7 Å². The molecule has 0 heterocycles. The lowest BCUT2D eigenvalue weighted by atomic mass is 10.0. The van der Waals surface area contributed by atoms with Gasteiger partial charge in [-0.25, -0.2) is 4.79 Å². The second-order valence-electron chi connectivity index (χ2n) is 6.20. The van der Waals surface area contributed by atoms with E-state index in [0.717, 1.165) is 23.7 Å². The molecule has 3 saturated carbocycles. The normalized spacial score (nSPS) is 39.6. The van der Waals surface area contributed by atoms with Crippen molar-refractivity contribution in [3.63, 3.8) is 0 Å². The van der Waals surface area contributed by atoms with E-state index in [9.17, 15) is 9.59 Å². The molecule has 3 rings (SSSR count). The Morgan fingerprint density at radius 2 is 1.89 bits per heavy atom. The van der Waals surface area contributed by atoms with Crippen molar-refractivity contribution in [2.75, 3.05) is 13.7 Å². The molecule has 5 heteroatoms. The van der Waals surface area contributed by atoms with Crippen molar-refractivity contribution in [3.8, 4) is 0 Å². The first-order valence-electron chi connectivity index (χ1n) is 7.20. The molecule has 2 bridgehead atoms. The molecule has 0 saturated heterocycles. The molecule has 5 nitrogen and oxygen atoms in total. The molecular formula is C14H22N2O3. The van der Waals surface area contributed by atoms with Crippen molar-refractivity contribution in [1.82, 2.24) is 10.6 Å². The largest absolute Gasteiger partial charge is 0.467 e. The molecule has 0 aromatic rings. The maximum Gasteiger partial charge on any atom is 0.329 e. The van der Waals surface area contributed by atoms with E-state index in [2.05, 4.69) is 10.6 Å². The number of amides is 1. The third-order valence-corrected chi connectivity index (χ3v) is 5.16. The molecule has 0 spiro atoms.